The van der Waals surface area contributed by atoms with Crippen LogP contribution in [0.5, 0.6) is 0 Å². The first-order valence-electron chi connectivity index (χ1n) is 5.71. The van der Waals surface area contributed by atoms with Gasteiger partial charge in [-0.3, -0.25) is 25.0 Å². The molecule has 2 rings (SSSR count). The van der Waals surface area contributed by atoms with Crippen LogP contribution >= 0.6 is 11.6 Å². The van der Waals surface area contributed by atoms with Crippen LogP contribution in [0.2, 0.25) is 5.28 Å². The summed E-state index contributed by atoms with van der Waals surface area (Å²) in [4.78, 5) is 42.2. The molecule has 0 saturated carbocycles. The third-order valence-corrected chi connectivity index (χ3v) is 3.01. The molecule has 1 atom stereocenters. The highest BCUT2D eigenvalue weighted by molar-refractivity contribution is 6.28. The van der Waals surface area contributed by atoms with Crippen LogP contribution in [0.15, 0.2) is 6.20 Å². The van der Waals surface area contributed by atoms with E-state index in [1.54, 1.807) is 6.92 Å². The van der Waals surface area contributed by atoms with Crippen LogP contribution in [-0.4, -0.2) is 39.3 Å². The molecule has 106 valence electrons. The van der Waals surface area contributed by atoms with Crippen molar-refractivity contribution in [2.45, 2.75) is 19.4 Å². The molecule has 1 aliphatic rings. The lowest BCUT2D eigenvalue weighted by Gasteiger charge is -2.33. The Morgan fingerprint density at radius 2 is 2.30 bits per heavy atom. The van der Waals surface area contributed by atoms with Gasteiger partial charge in [0, 0.05) is 0 Å². The van der Waals surface area contributed by atoms with Gasteiger partial charge in [0.15, 0.2) is 0 Å². The average molecular weight is 300 g/mol. The van der Waals surface area contributed by atoms with E-state index < -0.39 is 28.5 Å². The smallest absolute Gasteiger partial charge is 0.329 e. The van der Waals surface area contributed by atoms with E-state index in [0.29, 0.717) is 6.42 Å². The average Bonchev–Trinajstić information content (AvgIpc) is 2.37. The molecular weight excluding hydrogens is 290 g/mol. The molecule has 2 amide bonds. The fourth-order valence-corrected chi connectivity index (χ4v) is 2.11. The van der Waals surface area contributed by atoms with Crippen molar-refractivity contribution in [3.8, 4) is 0 Å². The highest BCUT2D eigenvalue weighted by atomic mass is 35.5. The summed E-state index contributed by atoms with van der Waals surface area (Å²) in [5.74, 6) is -1.21. The molecule has 1 unspecified atom stereocenters. The largest absolute Gasteiger partial charge is 0.329 e. The number of nitro groups is 1. The Morgan fingerprint density at radius 1 is 1.60 bits per heavy atom. The summed E-state index contributed by atoms with van der Waals surface area (Å²) in [5.41, 5.74) is -0.407. The first-order chi connectivity index (χ1) is 9.43. The number of hydrogen-bond acceptors (Lipinski definition) is 7. The van der Waals surface area contributed by atoms with Gasteiger partial charge in [-0.25, -0.2) is 4.98 Å². The minimum Gasteiger partial charge on any atom is -0.329 e. The van der Waals surface area contributed by atoms with Crippen molar-refractivity contribution in [3.63, 3.8) is 0 Å². The van der Waals surface area contributed by atoms with Gasteiger partial charge >= 0.3 is 5.69 Å². The van der Waals surface area contributed by atoms with E-state index in [1.165, 1.54) is 4.90 Å². The fraction of sp³-hybridized carbons (Fsp3) is 0.400. The number of rotatable bonds is 3. The van der Waals surface area contributed by atoms with E-state index in [9.17, 15) is 19.7 Å². The van der Waals surface area contributed by atoms with E-state index in [1.807, 2.05) is 0 Å². The number of piperazine rings is 1. The van der Waals surface area contributed by atoms with Gasteiger partial charge in [-0.2, -0.15) is 4.98 Å². The van der Waals surface area contributed by atoms with Gasteiger partial charge in [0.05, 0.1) is 11.5 Å². The monoisotopic (exact) mass is 299 g/mol. The molecule has 1 aliphatic heterocycles. The van der Waals surface area contributed by atoms with Crippen LogP contribution < -0.4 is 10.2 Å². The zero-order valence-electron chi connectivity index (χ0n) is 10.4. The van der Waals surface area contributed by atoms with Crippen molar-refractivity contribution < 1.29 is 14.5 Å². The molecule has 2 heterocycles. The van der Waals surface area contributed by atoms with Crippen molar-refractivity contribution in [1.82, 2.24) is 15.3 Å². The lowest BCUT2D eigenvalue weighted by Crippen LogP contribution is -2.58. The summed E-state index contributed by atoms with van der Waals surface area (Å²) in [7, 11) is 0. The van der Waals surface area contributed by atoms with Crippen molar-refractivity contribution in [2.75, 3.05) is 11.4 Å². The van der Waals surface area contributed by atoms with Crippen molar-refractivity contribution in [3.05, 3.63) is 21.6 Å². The van der Waals surface area contributed by atoms with Crippen molar-refractivity contribution in [2.24, 2.45) is 0 Å². The summed E-state index contributed by atoms with van der Waals surface area (Å²) in [6.07, 6.45) is 1.31. The molecule has 0 aromatic carbocycles. The minimum absolute atomic E-state index is 0.134. The number of carbonyl (C=O) groups is 2. The van der Waals surface area contributed by atoms with Crippen LogP contribution in [-0.2, 0) is 9.59 Å². The quantitative estimate of drug-likeness (QED) is 0.368. The predicted octanol–water partition coefficient (Wildman–Crippen LogP) is 0.280. The lowest BCUT2D eigenvalue weighted by atomic mass is 10.1. The van der Waals surface area contributed by atoms with E-state index >= 15 is 0 Å². The van der Waals surface area contributed by atoms with E-state index in [4.69, 9.17) is 11.6 Å². The van der Waals surface area contributed by atoms with Gasteiger partial charge < -0.3 is 4.90 Å². The number of amides is 2. The number of aromatic nitrogens is 2. The van der Waals surface area contributed by atoms with Crippen LogP contribution in [0.3, 0.4) is 0 Å². The molecule has 1 N–H and O–H groups in total. The summed E-state index contributed by atoms with van der Waals surface area (Å²) in [6, 6.07) is -0.725. The van der Waals surface area contributed by atoms with Crippen molar-refractivity contribution in [1.29, 1.82) is 0 Å². The fourth-order valence-electron chi connectivity index (χ4n) is 1.98. The second kappa shape index (κ2) is 5.37. The summed E-state index contributed by atoms with van der Waals surface area (Å²) in [5, 5.41) is 13.0. The molecule has 0 spiro atoms. The van der Waals surface area contributed by atoms with Gasteiger partial charge in [0.25, 0.3) is 0 Å². The minimum atomic E-state index is -0.725. The Labute approximate surface area is 118 Å². The van der Waals surface area contributed by atoms with Gasteiger partial charge in [-0.1, -0.05) is 6.92 Å². The molecule has 1 aromatic heterocycles. The second-order valence-corrected chi connectivity index (χ2v) is 4.41. The topological polar surface area (TPSA) is 118 Å². The molecule has 0 aliphatic carbocycles. The molecule has 1 aromatic rings. The number of nitrogens with zero attached hydrogens (tertiary/aromatic N) is 4. The van der Waals surface area contributed by atoms with E-state index in [0.717, 1.165) is 6.20 Å². The summed E-state index contributed by atoms with van der Waals surface area (Å²) < 4.78 is 0. The number of carbonyl (C=O) groups excluding carboxylic acids is 2. The normalized spacial score (nSPS) is 18.9. The molecule has 1 fully saturated rings. The molecule has 0 bridgehead atoms. The summed E-state index contributed by atoms with van der Waals surface area (Å²) >= 11 is 5.65. The highest BCUT2D eigenvalue weighted by Crippen LogP contribution is 2.29. The Hall–Kier alpha value is -2.29. The molecular formula is C10H10ClN5O4. The lowest BCUT2D eigenvalue weighted by molar-refractivity contribution is -0.384. The number of hydrogen-bond donors (Lipinski definition) is 1. The van der Waals surface area contributed by atoms with E-state index in [2.05, 4.69) is 15.3 Å². The third-order valence-electron chi connectivity index (χ3n) is 2.83. The van der Waals surface area contributed by atoms with Gasteiger partial charge in [0.1, 0.15) is 12.2 Å². The molecule has 0 radical (unpaired) electrons. The maximum absolute atomic E-state index is 11.8. The van der Waals surface area contributed by atoms with Gasteiger partial charge in [-0.05, 0) is 18.0 Å². The molecule has 9 nitrogen and oxygen atoms in total. The SMILES string of the molecule is CCC1C(=O)NC(=O)CN1c1nc(Cl)ncc1[N+](=O)[O-]. The summed E-state index contributed by atoms with van der Waals surface area (Å²) in [6.45, 7) is 1.51. The Bertz CT molecular complexity index is 593. The van der Waals surface area contributed by atoms with Crippen molar-refractivity contribution >= 4 is 34.9 Å². The molecule has 10 heteroatoms. The van der Waals surface area contributed by atoms with Gasteiger partial charge in [-0.15, -0.1) is 0 Å². The molecule has 20 heavy (non-hydrogen) atoms. The Balaban J connectivity index is 2.52. The predicted molar refractivity (Wildman–Crippen MR) is 68.3 cm³/mol. The number of halogens is 1. The second-order valence-electron chi connectivity index (χ2n) is 4.07. The number of anilines is 1. The van der Waals surface area contributed by atoms with Crippen LogP contribution in [0, 0.1) is 10.1 Å². The third kappa shape index (κ3) is 2.52. The first-order valence-corrected chi connectivity index (χ1v) is 6.09. The standard InChI is InChI=1S/C10H10ClN5O4/c1-2-5-9(18)13-7(17)4-15(5)8-6(16(19)20)3-12-10(11)14-8/h3,5H,2,4H2,1H3,(H,13,17,18). The Morgan fingerprint density at radius 3 is 2.90 bits per heavy atom. The maximum Gasteiger partial charge on any atom is 0.329 e. The maximum atomic E-state index is 11.8. The van der Waals surface area contributed by atoms with Crippen LogP contribution in [0.4, 0.5) is 11.5 Å². The first kappa shape index (κ1) is 14.1. The number of nitrogens with one attached hydrogen (secondary N) is 1. The highest BCUT2D eigenvalue weighted by Gasteiger charge is 2.37. The zero-order chi connectivity index (χ0) is 14.9. The molecule has 1 saturated heterocycles. The Kier molecular flexibility index (Phi) is 3.79. The zero-order valence-corrected chi connectivity index (χ0v) is 11.1. The van der Waals surface area contributed by atoms with Crippen LogP contribution in [0.1, 0.15) is 13.3 Å². The van der Waals surface area contributed by atoms with Gasteiger partial charge in [0.2, 0.25) is 22.9 Å². The van der Waals surface area contributed by atoms with E-state index in [-0.39, 0.29) is 17.6 Å². The van der Waals surface area contributed by atoms with Crippen LogP contribution in [0.25, 0.3) is 0 Å². The number of imide groups is 1.